The standard InChI is InChI=1S/C23H36N2O5.C16H23NO6.CH2I.B.V/c1-6-9-10-11-12-25(4)21(27)19-14-17(29-5)13-18(19)20(26)24-23(15-16(23)7-2)22(28)30-8-3;1-4-9-8-16(9,15(21)23-5-2)17-13(18)11-6-10(22-3)7-12(11)14(19)20;1-2;;/h6-7,16-19H,1-2,8-15H2,3-5H3,(H,24,26);4,9-12H,1,5-8H2,2-3H3,(H,17,18)(H,19,20);1H2;;/q;;-1;;/t16-,17-,18-,19-,23-;9-,10-,11-,12-,16-;;;/m11.../s1. The summed E-state index contributed by atoms with van der Waals surface area (Å²) in [5, 5.41) is 14.9. The third-order valence-electron chi connectivity index (χ3n) is 11.1. The molecule has 0 aliphatic heterocycles. The molecule has 0 saturated heterocycles. The summed E-state index contributed by atoms with van der Waals surface area (Å²) in [6.45, 7) is 15.7. The fraction of sp³-hybridized carbons (Fsp3) is 0.675. The molecule has 17 heteroatoms. The average molecular weight is 949 g/mol. The summed E-state index contributed by atoms with van der Waals surface area (Å²) in [7, 11) is 4.87. The zero-order valence-corrected chi connectivity index (χ0v) is 37.6. The van der Waals surface area contributed by atoms with Gasteiger partial charge in [0.05, 0.1) is 49.1 Å². The number of esters is 2. The minimum absolute atomic E-state index is 0. The predicted octanol–water partition coefficient (Wildman–Crippen LogP) is 4.03. The molecule has 0 heterocycles. The molecule has 4 aliphatic rings. The summed E-state index contributed by atoms with van der Waals surface area (Å²) in [4.78, 5) is 79.8. The van der Waals surface area contributed by atoms with Crippen molar-refractivity contribution in [2.24, 2.45) is 35.5 Å². The summed E-state index contributed by atoms with van der Waals surface area (Å²) < 4.78 is 20.9. The van der Waals surface area contributed by atoms with E-state index in [-0.39, 0.29) is 76.0 Å². The first-order valence-corrected chi connectivity index (χ1v) is 20.4. The molecule has 3 amide bonds. The Morgan fingerprint density at radius 3 is 1.53 bits per heavy atom. The van der Waals surface area contributed by atoms with Crippen molar-refractivity contribution in [1.82, 2.24) is 15.5 Å². The second-order valence-electron chi connectivity index (χ2n) is 14.4. The van der Waals surface area contributed by atoms with Gasteiger partial charge < -0.3 is 62.2 Å². The Hall–Kier alpha value is -2.66. The van der Waals surface area contributed by atoms with Crippen LogP contribution in [0.5, 0.6) is 0 Å². The van der Waals surface area contributed by atoms with Crippen molar-refractivity contribution in [1.29, 1.82) is 0 Å². The molecule has 4 rings (SSSR count). The first-order chi connectivity index (χ1) is 26.2. The van der Waals surface area contributed by atoms with Crippen molar-refractivity contribution in [2.45, 2.75) is 94.9 Å². The molecule has 0 aromatic rings. The zero-order valence-electron chi connectivity index (χ0n) is 34.0. The van der Waals surface area contributed by atoms with E-state index in [1.165, 1.54) is 7.11 Å². The number of unbranched alkanes of at least 4 members (excludes halogenated alkanes) is 2. The van der Waals surface area contributed by atoms with E-state index in [0.717, 1.165) is 19.3 Å². The van der Waals surface area contributed by atoms with Gasteiger partial charge in [0.25, 0.3) is 0 Å². The Morgan fingerprint density at radius 1 is 0.772 bits per heavy atom. The van der Waals surface area contributed by atoms with Gasteiger partial charge in [-0.1, -0.05) is 18.2 Å². The number of carbonyl (C=O) groups excluding carboxylic acids is 5. The van der Waals surface area contributed by atoms with E-state index in [2.05, 4.69) is 35.3 Å². The Bertz CT molecular complexity index is 1410. The van der Waals surface area contributed by atoms with Crippen LogP contribution in [0, 0.1) is 40.4 Å². The van der Waals surface area contributed by atoms with Gasteiger partial charge in [-0.15, -0.1) is 19.7 Å². The van der Waals surface area contributed by atoms with Crippen LogP contribution in [0.4, 0.5) is 0 Å². The maximum Gasteiger partial charge on any atom is 0.332 e. The van der Waals surface area contributed by atoms with Crippen molar-refractivity contribution in [2.75, 3.05) is 41.0 Å². The maximum absolute atomic E-state index is 13.2. The third kappa shape index (κ3) is 13.7. The number of allylic oxidation sites excluding steroid dienone is 1. The number of carboxylic acids is 1. The number of aliphatic carboxylic acids is 1. The van der Waals surface area contributed by atoms with Crippen LogP contribution in [0.25, 0.3) is 0 Å². The summed E-state index contributed by atoms with van der Waals surface area (Å²) >= 11 is 1.90. The zero-order chi connectivity index (χ0) is 41.5. The van der Waals surface area contributed by atoms with Gasteiger partial charge in [0.2, 0.25) is 17.7 Å². The molecule has 10 atom stereocenters. The van der Waals surface area contributed by atoms with E-state index in [9.17, 15) is 33.9 Å². The SMILES string of the molecule is C=CCCCCN(C)C(=O)[C@@H]1C[C@H](OC)C[C@H]1C(=O)N[C@]1(C(=O)OCC)C[C@H]1C=C.C=C[C@@H]1C[C@]1(NC(=O)[C@@H]1C[C@@H](OC)C[C@H]1C(=O)O)C(=O)OCC.[B].[CH2-]I.[V]. The minimum atomic E-state index is -1.09. The molecule has 4 aliphatic carbocycles. The van der Waals surface area contributed by atoms with Crippen LogP contribution >= 0.6 is 22.6 Å². The number of nitrogens with zero attached hydrogens (tertiary/aromatic N) is 1. The van der Waals surface area contributed by atoms with Crippen molar-refractivity contribution in [3.63, 3.8) is 0 Å². The van der Waals surface area contributed by atoms with Crippen LogP contribution in [0.15, 0.2) is 38.0 Å². The number of carbonyl (C=O) groups is 6. The average Bonchev–Trinajstić information content (AvgIpc) is 3.94. The summed E-state index contributed by atoms with van der Waals surface area (Å²) in [6.07, 6.45) is 10.0. The molecule has 4 fully saturated rings. The van der Waals surface area contributed by atoms with Crippen LogP contribution in [0.3, 0.4) is 0 Å². The number of hydrogen-bond donors (Lipinski definition) is 3. The van der Waals surface area contributed by atoms with Crippen molar-refractivity contribution < 1.29 is 71.4 Å². The number of halogens is 1. The molecular weight excluding hydrogens is 887 g/mol. The van der Waals surface area contributed by atoms with Crippen LogP contribution in [-0.2, 0) is 66.3 Å². The fourth-order valence-electron chi connectivity index (χ4n) is 7.67. The molecule has 0 bridgehead atoms. The van der Waals surface area contributed by atoms with E-state index < -0.39 is 58.6 Å². The molecule has 4 radical (unpaired) electrons. The maximum atomic E-state index is 13.2. The van der Waals surface area contributed by atoms with Crippen LogP contribution in [0.1, 0.15) is 71.6 Å². The van der Waals surface area contributed by atoms with Crippen LogP contribution in [0.2, 0.25) is 0 Å². The molecule has 3 N–H and O–H groups in total. The Kier molecular flexibility index (Phi) is 24.5. The fourth-order valence-corrected chi connectivity index (χ4v) is 7.67. The largest absolute Gasteiger partial charge is 0.481 e. The molecule has 0 aromatic carbocycles. The normalized spacial score (nSPS) is 30.0. The van der Waals surface area contributed by atoms with Gasteiger partial charge in [-0.05, 0) is 71.6 Å². The number of hydrogen-bond acceptors (Lipinski definition) is 10. The van der Waals surface area contributed by atoms with Gasteiger partial charge >= 0.3 is 17.9 Å². The Morgan fingerprint density at radius 2 is 1.18 bits per heavy atom. The van der Waals surface area contributed by atoms with E-state index in [4.69, 9.17) is 18.9 Å². The Labute approximate surface area is 366 Å². The van der Waals surface area contributed by atoms with Crippen molar-refractivity contribution >= 4 is 66.6 Å². The number of nitrogens with one attached hydrogen (secondary N) is 2. The first kappa shape index (κ1) is 54.3. The van der Waals surface area contributed by atoms with Gasteiger partial charge in [-0.3, -0.25) is 24.1 Å². The molecule has 57 heavy (non-hydrogen) atoms. The van der Waals surface area contributed by atoms with Crippen LogP contribution in [-0.4, -0.2) is 118 Å². The van der Waals surface area contributed by atoms with Crippen LogP contribution < -0.4 is 10.6 Å². The Balaban J connectivity index is 0.00000105. The van der Waals surface area contributed by atoms with Gasteiger partial charge in [-0.2, -0.15) is 0 Å². The molecule has 4 saturated carbocycles. The number of methoxy groups -OCH3 is 2. The molecule has 0 spiro atoms. The molecule has 0 aromatic heterocycles. The molecule has 318 valence electrons. The van der Waals surface area contributed by atoms with Crippen molar-refractivity contribution in [3.8, 4) is 0 Å². The van der Waals surface area contributed by atoms with E-state index in [1.807, 2.05) is 28.7 Å². The van der Waals surface area contributed by atoms with Gasteiger partial charge in [0, 0.05) is 66.6 Å². The summed E-state index contributed by atoms with van der Waals surface area (Å²) in [6, 6.07) is 0. The minimum Gasteiger partial charge on any atom is -0.481 e. The second-order valence-corrected chi connectivity index (χ2v) is 14.4. The molecule has 0 unspecified atom stereocenters. The number of rotatable bonds is 19. The van der Waals surface area contributed by atoms with E-state index in [0.29, 0.717) is 45.1 Å². The molecule has 14 nitrogen and oxygen atoms in total. The van der Waals surface area contributed by atoms with Crippen molar-refractivity contribution in [3.05, 3.63) is 42.9 Å². The van der Waals surface area contributed by atoms with E-state index >= 15 is 0 Å². The topological polar surface area (TPSA) is 187 Å². The first-order valence-electron chi connectivity index (χ1n) is 18.9. The number of carboxylic acid groups (broad SMARTS) is 1. The van der Waals surface area contributed by atoms with E-state index in [1.54, 1.807) is 45.1 Å². The third-order valence-corrected chi connectivity index (χ3v) is 11.1. The monoisotopic (exact) mass is 948 g/mol. The summed E-state index contributed by atoms with van der Waals surface area (Å²) in [5.41, 5.74) is -2.15. The smallest absolute Gasteiger partial charge is 0.332 e. The number of ether oxygens (including phenoxy) is 4. The number of amides is 3. The molecular formula is C40H61BIN3O11V-. The summed E-state index contributed by atoms with van der Waals surface area (Å²) in [5.74, 6) is -5.57. The van der Waals surface area contributed by atoms with Gasteiger partial charge in [0.15, 0.2) is 0 Å². The second kappa shape index (κ2) is 25.7. The van der Waals surface area contributed by atoms with Gasteiger partial charge in [0.1, 0.15) is 11.1 Å². The predicted molar refractivity (Wildman–Crippen MR) is 220 cm³/mol. The quantitative estimate of drug-likeness (QED) is 0.0424. The van der Waals surface area contributed by atoms with Gasteiger partial charge in [-0.25, -0.2) is 9.59 Å².